The highest BCUT2D eigenvalue weighted by Crippen LogP contribution is 2.69. The number of aliphatic hydroxyl groups is 1. The zero-order valence-corrected chi connectivity index (χ0v) is 24.8. The molecule has 4 bridgehead atoms. The van der Waals surface area contributed by atoms with Gasteiger partial charge in [-0.1, -0.05) is 54.6 Å². The van der Waals surface area contributed by atoms with Crippen molar-refractivity contribution in [2.24, 2.45) is 23.2 Å². The fourth-order valence-corrected chi connectivity index (χ4v) is 10.0. The second-order valence-electron chi connectivity index (χ2n) is 11.9. The Labute approximate surface area is 247 Å². The third-order valence-corrected chi connectivity index (χ3v) is 12.6. The number of benzene rings is 3. The SMILES string of the molecule is FS(c1ccccc1)(c1ccccc1)c1ccccc1.O=S(=O)(O)C(F)(F)COCC(O)C12CC3CC(CC(C3)C1)C2. The molecule has 228 valence electrons. The normalized spacial score (nSPS) is 26.3. The van der Waals surface area contributed by atoms with E-state index in [1.165, 1.54) is 19.3 Å². The zero-order chi connectivity index (χ0) is 30.0. The van der Waals surface area contributed by atoms with Gasteiger partial charge in [0, 0.05) is 14.7 Å². The largest absolute Gasteiger partial charge is 0.392 e. The van der Waals surface area contributed by atoms with Gasteiger partial charge in [-0.3, -0.25) is 4.55 Å². The molecule has 3 aromatic carbocycles. The Morgan fingerprint density at radius 3 is 1.45 bits per heavy atom. The van der Waals surface area contributed by atoms with Gasteiger partial charge < -0.3 is 9.84 Å². The van der Waals surface area contributed by atoms with Crippen molar-refractivity contribution < 1.29 is 35.5 Å². The Balaban J connectivity index is 0.000000169. The van der Waals surface area contributed by atoms with Gasteiger partial charge in [-0.15, -0.1) is 0 Å². The van der Waals surface area contributed by atoms with Crippen molar-refractivity contribution in [3.8, 4) is 0 Å². The molecule has 4 fully saturated rings. The van der Waals surface area contributed by atoms with Crippen LogP contribution in [0.3, 0.4) is 0 Å². The minimum absolute atomic E-state index is 0.262. The minimum atomic E-state index is -5.49. The topological polar surface area (TPSA) is 83.8 Å². The van der Waals surface area contributed by atoms with Crippen LogP contribution in [0.15, 0.2) is 106 Å². The predicted molar refractivity (Wildman–Crippen MR) is 157 cm³/mol. The van der Waals surface area contributed by atoms with Crippen LogP contribution in [0.25, 0.3) is 0 Å². The van der Waals surface area contributed by atoms with E-state index in [9.17, 15) is 22.3 Å². The van der Waals surface area contributed by atoms with Crippen LogP contribution in [0.2, 0.25) is 0 Å². The van der Waals surface area contributed by atoms with Crippen LogP contribution in [-0.2, 0) is 14.9 Å². The summed E-state index contributed by atoms with van der Waals surface area (Å²) in [5, 5.41) is 6.09. The van der Waals surface area contributed by atoms with Crippen LogP contribution in [0.1, 0.15) is 38.5 Å². The van der Waals surface area contributed by atoms with Crippen molar-refractivity contribution in [2.75, 3.05) is 13.2 Å². The van der Waals surface area contributed by atoms with Gasteiger partial charge in [-0.25, -0.2) is 0 Å². The van der Waals surface area contributed by atoms with Crippen molar-refractivity contribution in [3.63, 3.8) is 0 Å². The number of aliphatic hydroxyl groups excluding tert-OH is 1. The van der Waals surface area contributed by atoms with E-state index in [0.29, 0.717) is 17.8 Å². The standard InChI is InChI=1S/C18H15FS.C14H22F2O5S/c19-20(16-10-4-1-5-11-16,17-12-6-2-7-13-17)18-14-8-3-9-15-18;15-14(16,22(18,19)20)8-21-7-12(17)13-4-9-1-10(5-13)3-11(2-9)6-13/h1-15H;9-12,17H,1-8H2,(H,18,19,20). The van der Waals surface area contributed by atoms with E-state index in [-0.39, 0.29) is 12.0 Å². The molecule has 0 radical (unpaired) electrons. The average molecular weight is 623 g/mol. The van der Waals surface area contributed by atoms with Crippen molar-refractivity contribution in [3.05, 3.63) is 91.0 Å². The highest BCUT2D eigenvalue weighted by Gasteiger charge is 2.54. The molecule has 0 aliphatic heterocycles. The lowest BCUT2D eigenvalue weighted by Gasteiger charge is -2.58. The minimum Gasteiger partial charge on any atom is -0.390 e. The van der Waals surface area contributed by atoms with Crippen molar-refractivity contribution in [1.29, 1.82) is 0 Å². The summed E-state index contributed by atoms with van der Waals surface area (Å²) in [5.74, 6) is 1.83. The molecule has 7 rings (SSSR count). The molecule has 4 aliphatic rings. The molecule has 1 unspecified atom stereocenters. The van der Waals surface area contributed by atoms with Gasteiger partial charge in [0.2, 0.25) is 0 Å². The fourth-order valence-electron chi connectivity index (χ4n) is 7.36. The fraction of sp³-hybridized carbons (Fsp3) is 0.438. The highest BCUT2D eigenvalue weighted by molar-refractivity contribution is 8.29. The van der Waals surface area contributed by atoms with Gasteiger partial charge in [0.1, 0.15) is 6.61 Å². The number of hydrogen-bond donors (Lipinski definition) is 2. The molecule has 2 N–H and O–H groups in total. The summed E-state index contributed by atoms with van der Waals surface area (Å²) in [6, 6.07) is 28.3. The number of ether oxygens (including phenoxy) is 1. The molecule has 4 saturated carbocycles. The summed E-state index contributed by atoms with van der Waals surface area (Å²) in [5.41, 5.74) is -0.262. The first-order valence-corrected chi connectivity index (χ1v) is 17.2. The number of rotatable bonds is 9. The van der Waals surface area contributed by atoms with Crippen LogP contribution in [0.5, 0.6) is 0 Å². The van der Waals surface area contributed by atoms with E-state index in [0.717, 1.165) is 33.9 Å². The van der Waals surface area contributed by atoms with Crippen LogP contribution >= 0.6 is 10.4 Å². The van der Waals surface area contributed by atoms with Crippen LogP contribution < -0.4 is 0 Å². The average Bonchev–Trinajstić information content (AvgIpc) is 2.97. The smallest absolute Gasteiger partial charge is 0.390 e. The molecule has 0 saturated heterocycles. The maximum absolute atomic E-state index is 16.1. The summed E-state index contributed by atoms with van der Waals surface area (Å²) < 4.78 is 76.5. The molecular formula is C32H37F3O5S2. The quantitative estimate of drug-likeness (QED) is 0.237. The number of halogens is 3. The second-order valence-corrected chi connectivity index (χ2v) is 15.9. The maximum atomic E-state index is 16.1. The molecular weight excluding hydrogens is 585 g/mol. The Kier molecular flexibility index (Phi) is 9.11. The highest BCUT2D eigenvalue weighted by atomic mass is 32.3. The summed E-state index contributed by atoms with van der Waals surface area (Å²) in [4.78, 5) is 2.20. The van der Waals surface area contributed by atoms with Gasteiger partial charge in [0.15, 0.2) is 0 Å². The molecule has 42 heavy (non-hydrogen) atoms. The lowest BCUT2D eigenvalue weighted by Crippen LogP contribution is -2.53. The monoisotopic (exact) mass is 622 g/mol. The molecule has 0 heterocycles. The molecule has 5 nitrogen and oxygen atoms in total. The van der Waals surface area contributed by atoms with E-state index < -0.39 is 38.5 Å². The third-order valence-electron chi connectivity index (χ3n) is 8.92. The summed E-state index contributed by atoms with van der Waals surface area (Å²) in [6.07, 6.45) is 5.45. The molecule has 1 atom stereocenters. The predicted octanol–water partition coefficient (Wildman–Crippen LogP) is 7.91. The van der Waals surface area contributed by atoms with Gasteiger partial charge in [-0.05, 0) is 109 Å². The lowest BCUT2D eigenvalue weighted by molar-refractivity contribution is -0.147. The third kappa shape index (κ3) is 6.43. The lowest BCUT2D eigenvalue weighted by atomic mass is 9.48. The van der Waals surface area contributed by atoms with Crippen LogP contribution in [0.4, 0.5) is 12.7 Å². The number of alkyl halides is 2. The molecule has 0 spiro atoms. The van der Waals surface area contributed by atoms with Crippen molar-refractivity contribution in [2.45, 2.75) is 64.6 Å². The Bertz CT molecular complexity index is 1290. The van der Waals surface area contributed by atoms with Gasteiger partial charge >= 0.3 is 15.4 Å². The zero-order valence-electron chi connectivity index (χ0n) is 23.2. The first-order chi connectivity index (χ1) is 19.9. The van der Waals surface area contributed by atoms with Crippen molar-refractivity contribution in [1.82, 2.24) is 0 Å². The van der Waals surface area contributed by atoms with E-state index in [4.69, 9.17) is 9.29 Å². The molecule has 4 aliphatic carbocycles. The molecule has 3 aromatic rings. The Hall–Kier alpha value is -2.37. The first-order valence-electron chi connectivity index (χ1n) is 14.2. The molecule has 0 aromatic heterocycles. The number of hydrogen-bond acceptors (Lipinski definition) is 4. The van der Waals surface area contributed by atoms with E-state index in [1.807, 2.05) is 91.0 Å². The maximum Gasteiger partial charge on any atom is 0.392 e. The van der Waals surface area contributed by atoms with Gasteiger partial charge in [-0.2, -0.15) is 21.1 Å². The molecule has 10 heteroatoms. The Morgan fingerprint density at radius 2 is 1.12 bits per heavy atom. The van der Waals surface area contributed by atoms with Gasteiger partial charge in [0.05, 0.1) is 12.7 Å². The van der Waals surface area contributed by atoms with Crippen LogP contribution in [0, 0.1) is 23.2 Å². The first kappa shape index (κ1) is 31.1. The van der Waals surface area contributed by atoms with E-state index in [2.05, 4.69) is 0 Å². The van der Waals surface area contributed by atoms with Gasteiger partial charge in [0.25, 0.3) is 0 Å². The summed E-state index contributed by atoms with van der Waals surface area (Å²) in [6.45, 7) is -1.76. The summed E-state index contributed by atoms with van der Waals surface area (Å²) in [7, 11) is -8.16. The van der Waals surface area contributed by atoms with Crippen LogP contribution in [-0.4, -0.2) is 42.6 Å². The van der Waals surface area contributed by atoms with E-state index in [1.54, 1.807) is 0 Å². The summed E-state index contributed by atoms with van der Waals surface area (Å²) >= 11 is 0. The van der Waals surface area contributed by atoms with E-state index >= 15 is 3.89 Å². The van der Waals surface area contributed by atoms with Crippen molar-refractivity contribution >= 4 is 20.5 Å². The Morgan fingerprint density at radius 1 is 0.762 bits per heavy atom. The molecule has 0 amide bonds. The second kappa shape index (κ2) is 12.3.